The molecule has 0 aromatic carbocycles. The van der Waals surface area contributed by atoms with E-state index in [-0.39, 0.29) is 17.4 Å². The average Bonchev–Trinajstić information content (AvgIpc) is 2.77. The number of rotatable bonds is 4. The minimum Gasteiger partial charge on any atom is -0.463 e. The highest BCUT2D eigenvalue weighted by molar-refractivity contribution is 6.32. The monoisotopic (exact) mass is 379 g/mol. The van der Waals surface area contributed by atoms with Crippen LogP contribution in [0.2, 0.25) is 5.02 Å². The van der Waals surface area contributed by atoms with E-state index in [0.29, 0.717) is 0 Å². The van der Waals surface area contributed by atoms with Gasteiger partial charge in [0.15, 0.2) is 12.3 Å². The lowest BCUT2D eigenvalue weighted by Crippen LogP contribution is -2.36. The van der Waals surface area contributed by atoms with Crippen LogP contribution >= 0.6 is 23.2 Å². The first-order valence-electron chi connectivity index (χ1n) is 6.85. The number of ether oxygens (including phenoxy) is 3. The Labute approximate surface area is 146 Å². The third kappa shape index (κ3) is 3.97. The van der Waals surface area contributed by atoms with Crippen molar-refractivity contribution in [1.82, 2.24) is 9.55 Å². The van der Waals surface area contributed by atoms with Crippen molar-refractivity contribution in [2.24, 2.45) is 0 Å². The predicted octanol–water partition coefficient (Wildman–Crippen LogP) is 0.478. The van der Waals surface area contributed by atoms with Gasteiger partial charge in [0.1, 0.15) is 23.9 Å². The van der Waals surface area contributed by atoms with Gasteiger partial charge in [-0.05, 0) is 0 Å². The Hall–Kier alpha value is -1.84. The molecule has 4 atom stereocenters. The second-order valence-electron chi connectivity index (χ2n) is 5.05. The minimum atomic E-state index is -1.03. The Kier molecular flexibility index (Phi) is 5.68. The third-order valence-electron chi connectivity index (χ3n) is 3.23. The van der Waals surface area contributed by atoms with Crippen LogP contribution in [0.25, 0.3) is 0 Å². The van der Waals surface area contributed by atoms with Gasteiger partial charge < -0.3 is 19.9 Å². The number of carbonyl (C=O) groups is 2. The fourth-order valence-corrected chi connectivity index (χ4v) is 2.77. The molecule has 2 heterocycles. The highest BCUT2D eigenvalue weighted by Gasteiger charge is 2.47. The van der Waals surface area contributed by atoms with Crippen molar-refractivity contribution in [3.05, 3.63) is 21.7 Å². The fraction of sp³-hybridized carbons (Fsp3) is 0.538. The summed E-state index contributed by atoms with van der Waals surface area (Å²) in [5.74, 6) is -1.26. The molecule has 1 fully saturated rings. The van der Waals surface area contributed by atoms with Gasteiger partial charge in [0.05, 0.1) is 5.02 Å². The van der Waals surface area contributed by atoms with Crippen molar-refractivity contribution in [3.8, 4) is 0 Å². The van der Waals surface area contributed by atoms with Crippen LogP contribution in [0.1, 0.15) is 20.1 Å². The lowest BCUT2D eigenvalue weighted by molar-refractivity contribution is -0.155. The van der Waals surface area contributed by atoms with E-state index in [2.05, 4.69) is 4.98 Å². The van der Waals surface area contributed by atoms with Gasteiger partial charge in [-0.1, -0.05) is 11.6 Å². The molecule has 0 radical (unpaired) electrons. The molecule has 2 rings (SSSR count). The number of carbonyl (C=O) groups excluding carboxylic acids is 2. The Morgan fingerprint density at radius 2 is 2.08 bits per heavy atom. The summed E-state index contributed by atoms with van der Waals surface area (Å²) in [5.41, 5.74) is 4.73. The Morgan fingerprint density at radius 3 is 2.67 bits per heavy atom. The molecule has 24 heavy (non-hydrogen) atoms. The molecule has 1 aliphatic rings. The van der Waals surface area contributed by atoms with Gasteiger partial charge in [-0.25, -0.2) is 4.79 Å². The van der Waals surface area contributed by atoms with Crippen molar-refractivity contribution < 1.29 is 23.8 Å². The van der Waals surface area contributed by atoms with E-state index < -0.39 is 41.4 Å². The maximum Gasteiger partial charge on any atom is 0.351 e. The number of esters is 2. The Bertz CT molecular complexity index is 709. The van der Waals surface area contributed by atoms with Crippen LogP contribution in [-0.2, 0) is 23.8 Å². The summed E-state index contributed by atoms with van der Waals surface area (Å²) in [7, 11) is 0. The summed E-state index contributed by atoms with van der Waals surface area (Å²) < 4.78 is 16.7. The number of halogens is 2. The average molecular weight is 380 g/mol. The van der Waals surface area contributed by atoms with E-state index in [1.807, 2.05) is 0 Å². The zero-order valence-corrected chi connectivity index (χ0v) is 14.3. The van der Waals surface area contributed by atoms with Gasteiger partial charge in [0.25, 0.3) is 0 Å². The molecule has 0 spiro atoms. The number of nitrogens with zero attached hydrogens (tertiary/aromatic N) is 2. The second kappa shape index (κ2) is 7.37. The first-order chi connectivity index (χ1) is 11.2. The lowest BCUT2D eigenvalue weighted by Gasteiger charge is -2.19. The summed E-state index contributed by atoms with van der Waals surface area (Å²) in [5, 5.41) is -0.900. The SMILES string of the molecule is CC(=O)OC[C@H]1O[C@@H](n2cc(Cl)c(N)nc2=O)[C@H](Cl)[C@@H]1OC(C)=O. The normalized spacial score (nSPS) is 26.2. The molecular formula is C13H15Cl2N3O6. The molecule has 2 N–H and O–H groups in total. The van der Waals surface area contributed by atoms with Crippen LogP contribution in [0.5, 0.6) is 0 Å². The number of anilines is 1. The van der Waals surface area contributed by atoms with Gasteiger partial charge in [-0.2, -0.15) is 4.98 Å². The number of hydrogen-bond donors (Lipinski definition) is 1. The molecule has 0 saturated carbocycles. The summed E-state index contributed by atoms with van der Waals surface area (Å²) in [4.78, 5) is 37.8. The highest BCUT2D eigenvalue weighted by atomic mass is 35.5. The number of aromatic nitrogens is 2. The second-order valence-corrected chi connectivity index (χ2v) is 5.96. The quantitative estimate of drug-likeness (QED) is 0.591. The Morgan fingerprint density at radius 1 is 1.42 bits per heavy atom. The van der Waals surface area contributed by atoms with Crippen LogP contribution in [0.4, 0.5) is 5.82 Å². The molecule has 9 nitrogen and oxygen atoms in total. The maximum absolute atomic E-state index is 12.0. The first kappa shape index (κ1) is 18.5. The molecule has 0 bridgehead atoms. The predicted molar refractivity (Wildman–Crippen MR) is 83.7 cm³/mol. The van der Waals surface area contributed by atoms with Crippen molar-refractivity contribution >= 4 is 41.0 Å². The number of hydrogen-bond acceptors (Lipinski definition) is 8. The molecule has 1 aromatic rings. The lowest BCUT2D eigenvalue weighted by atomic mass is 10.1. The maximum atomic E-state index is 12.0. The van der Waals surface area contributed by atoms with Crippen LogP contribution in [0.15, 0.2) is 11.0 Å². The van der Waals surface area contributed by atoms with Crippen molar-refractivity contribution in [2.45, 2.75) is 37.7 Å². The van der Waals surface area contributed by atoms with Crippen LogP contribution < -0.4 is 11.4 Å². The summed E-state index contributed by atoms with van der Waals surface area (Å²) in [6.07, 6.45) is -1.59. The van der Waals surface area contributed by atoms with Gasteiger partial charge >= 0.3 is 17.6 Å². The molecular weight excluding hydrogens is 365 g/mol. The van der Waals surface area contributed by atoms with E-state index in [9.17, 15) is 14.4 Å². The molecule has 1 aliphatic heterocycles. The molecule has 1 aromatic heterocycles. The first-order valence-corrected chi connectivity index (χ1v) is 7.66. The van der Waals surface area contributed by atoms with Crippen molar-refractivity contribution in [3.63, 3.8) is 0 Å². The Balaban J connectivity index is 2.31. The van der Waals surface area contributed by atoms with Gasteiger partial charge in [-0.15, -0.1) is 11.6 Å². The third-order valence-corrected chi connectivity index (χ3v) is 3.98. The van der Waals surface area contributed by atoms with Crippen molar-refractivity contribution in [2.75, 3.05) is 12.3 Å². The van der Waals surface area contributed by atoms with Gasteiger partial charge in [0.2, 0.25) is 0 Å². The number of alkyl halides is 1. The number of nitrogens with two attached hydrogens (primary N) is 1. The molecule has 0 amide bonds. The largest absolute Gasteiger partial charge is 0.463 e. The standard InChI is InChI=1S/C13H15Cl2N3O6/c1-5(19)22-4-8-10(23-6(2)20)9(15)12(24-8)18-3-7(14)11(16)17-13(18)21/h3,8-10,12H,4H2,1-2H3,(H2,16,17,21)/t8-,9-,10-,12-/m1/s1. The molecule has 0 aliphatic carbocycles. The minimum absolute atomic E-state index is 0.0366. The van der Waals surface area contributed by atoms with Crippen LogP contribution in [0.3, 0.4) is 0 Å². The summed E-state index contributed by atoms with van der Waals surface area (Å²) >= 11 is 12.2. The van der Waals surface area contributed by atoms with E-state index >= 15 is 0 Å². The van der Waals surface area contributed by atoms with Gasteiger partial charge in [-0.3, -0.25) is 14.2 Å². The van der Waals surface area contributed by atoms with Gasteiger partial charge in [0, 0.05) is 20.0 Å². The molecule has 0 unspecified atom stereocenters. The summed E-state index contributed by atoms with van der Waals surface area (Å²) in [6, 6.07) is 0. The van der Waals surface area contributed by atoms with E-state index in [4.69, 9.17) is 43.1 Å². The molecule has 11 heteroatoms. The fourth-order valence-electron chi connectivity index (χ4n) is 2.22. The van der Waals surface area contributed by atoms with E-state index in [1.54, 1.807) is 0 Å². The molecule has 132 valence electrons. The van der Waals surface area contributed by atoms with E-state index in [1.165, 1.54) is 20.0 Å². The topological polar surface area (TPSA) is 123 Å². The van der Waals surface area contributed by atoms with Crippen molar-refractivity contribution in [1.29, 1.82) is 0 Å². The highest BCUT2D eigenvalue weighted by Crippen LogP contribution is 2.35. The zero-order chi connectivity index (χ0) is 18.0. The zero-order valence-electron chi connectivity index (χ0n) is 12.8. The van der Waals surface area contributed by atoms with Crippen LogP contribution in [0, 0.1) is 0 Å². The summed E-state index contributed by atoms with van der Waals surface area (Å²) in [6.45, 7) is 2.23. The number of nitrogen functional groups attached to an aromatic ring is 1. The molecule has 1 saturated heterocycles. The van der Waals surface area contributed by atoms with E-state index in [0.717, 1.165) is 4.57 Å². The van der Waals surface area contributed by atoms with Crippen LogP contribution in [-0.4, -0.2) is 45.7 Å². The smallest absolute Gasteiger partial charge is 0.351 e.